The fraction of sp³-hybridized carbons (Fsp3) is 0.429. The van der Waals surface area contributed by atoms with Gasteiger partial charge in [-0.2, -0.15) is 0 Å². The molecule has 0 saturated carbocycles. The predicted molar refractivity (Wildman–Crippen MR) is 73.8 cm³/mol. The molecular formula is C14H19N3O2. The van der Waals surface area contributed by atoms with Gasteiger partial charge in [0.15, 0.2) is 0 Å². The van der Waals surface area contributed by atoms with Crippen LogP contribution in [0.2, 0.25) is 0 Å². The lowest BCUT2D eigenvalue weighted by Gasteiger charge is -2.29. The van der Waals surface area contributed by atoms with Crippen molar-refractivity contribution in [3.8, 4) is 0 Å². The lowest BCUT2D eigenvalue weighted by Crippen LogP contribution is -2.52. The monoisotopic (exact) mass is 261 g/mol. The van der Waals surface area contributed by atoms with Gasteiger partial charge in [0, 0.05) is 25.8 Å². The number of nitrogens with zero attached hydrogens (tertiary/aromatic N) is 1. The second kappa shape index (κ2) is 5.84. The van der Waals surface area contributed by atoms with Crippen LogP contribution in [0.25, 0.3) is 0 Å². The third-order valence-electron chi connectivity index (χ3n) is 3.22. The number of hydrogen-bond acceptors (Lipinski definition) is 3. The van der Waals surface area contributed by atoms with Crippen molar-refractivity contribution in [2.75, 3.05) is 32.0 Å². The number of anilines is 1. The van der Waals surface area contributed by atoms with Gasteiger partial charge in [0.1, 0.15) is 0 Å². The fourth-order valence-electron chi connectivity index (χ4n) is 1.91. The zero-order valence-corrected chi connectivity index (χ0v) is 11.3. The van der Waals surface area contributed by atoms with Gasteiger partial charge in [0.05, 0.1) is 12.5 Å². The first kappa shape index (κ1) is 13.5. The smallest absolute Gasteiger partial charge is 0.243 e. The molecule has 2 rings (SSSR count). The van der Waals surface area contributed by atoms with Crippen LogP contribution in [0.1, 0.15) is 5.56 Å². The van der Waals surface area contributed by atoms with Crippen molar-refractivity contribution in [1.82, 2.24) is 10.2 Å². The topological polar surface area (TPSA) is 61.4 Å². The highest BCUT2D eigenvalue weighted by atomic mass is 16.2. The summed E-state index contributed by atoms with van der Waals surface area (Å²) in [5.41, 5.74) is 1.89. The summed E-state index contributed by atoms with van der Waals surface area (Å²) in [5.74, 6) is -0.123. The lowest BCUT2D eigenvalue weighted by molar-refractivity contribution is -0.138. The highest BCUT2D eigenvalue weighted by Gasteiger charge is 2.28. The molecule has 102 valence electrons. The number of benzene rings is 1. The Bertz CT molecular complexity index is 466. The van der Waals surface area contributed by atoms with Gasteiger partial charge in [-0.3, -0.25) is 9.59 Å². The molecule has 1 saturated heterocycles. The van der Waals surface area contributed by atoms with Crippen molar-refractivity contribution in [2.24, 2.45) is 5.92 Å². The Morgan fingerprint density at radius 3 is 2.47 bits per heavy atom. The molecule has 0 aliphatic carbocycles. The van der Waals surface area contributed by atoms with E-state index in [0.29, 0.717) is 13.1 Å². The number of likely N-dealkylation sites (N-methyl/N-ethyl adjacent to an activating group) is 1. The minimum atomic E-state index is -0.174. The highest BCUT2D eigenvalue weighted by Crippen LogP contribution is 2.09. The Balaban J connectivity index is 1.83. The molecule has 5 heteroatoms. The van der Waals surface area contributed by atoms with Gasteiger partial charge in [0.25, 0.3) is 0 Å². The van der Waals surface area contributed by atoms with E-state index in [0.717, 1.165) is 11.3 Å². The van der Waals surface area contributed by atoms with Crippen LogP contribution in [0.5, 0.6) is 0 Å². The van der Waals surface area contributed by atoms with Gasteiger partial charge in [-0.05, 0) is 19.1 Å². The van der Waals surface area contributed by atoms with E-state index < -0.39 is 0 Å². The zero-order chi connectivity index (χ0) is 13.8. The van der Waals surface area contributed by atoms with E-state index in [-0.39, 0.29) is 24.3 Å². The molecule has 5 nitrogen and oxygen atoms in total. The average molecular weight is 261 g/mol. The van der Waals surface area contributed by atoms with Gasteiger partial charge in [-0.15, -0.1) is 0 Å². The second-order valence-electron chi connectivity index (χ2n) is 4.96. The SMILES string of the molecule is Cc1ccc(NC(=O)CN(C)C(=O)C2CNC2)cc1. The van der Waals surface area contributed by atoms with Crippen LogP contribution in [0.4, 0.5) is 5.69 Å². The molecular weight excluding hydrogens is 242 g/mol. The summed E-state index contributed by atoms with van der Waals surface area (Å²) < 4.78 is 0. The Labute approximate surface area is 113 Å². The number of rotatable bonds is 4. The first-order chi connectivity index (χ1) is 9.06. The van der Waals surface area contributed by atoms with E-state index in [1.54, 1.807) is 7.05 Å². The number of carbonyl (C=O) groups is 2. The maximum atomic E-state index is 11.9. The second-order valence-corrected chi connectivity index (χ2v) is 4.96. The molecule has 0 aromatic heterocycles. The molecule has 1 heterocycles. The van der Waals surface area contributed by atoms with Crippen molar-refractivity contribution in [1.29, 1.82) is 0 Å². The van der Waals surface area contributed by atoms with Crippen LogP contribution in [0.15, 0.2) is 24.3 Å². The van der Waals surface area contributed by atoms with Crippen molar-refractivity contribution in [3.63, 3.8) is 0 Å². The Morgan fingerprint density at radius 2 is 1.95 bits per heavy atom. The quantitative estimate of drug-likeness (QED) is 0.835. The fourth-order valence-corrected chi connectivity index (χ4v) is 1.91. The summed E-state index contributed by atoms with van der Waals surface area (Å²) in [7, 11) is 1.66. The molecule has 0 radical (unpaired) electrons. The number of hydrogen-bond donors (Lipinski definition) is 2. The Hall–Kier alpha value is -1.88. The van der Waals surface area contributed by atoms with Gasteiger partial charge >= 0.3 is 0 Å². The molecule has 1 aromatic carbocycles. The minimum absolute atomic E-state index is 0.0252. The maximum Gasteiger partial charge on any atom is 0.243 e. The lowest BCUT2D eigenvalue weighted by atomic mass is 10.0. The van der Waals surface area contributed by atoms with E-state index in [4.69, 9.17) is 0 Å². The number of aryl methyl sites for hydroxylation is 1. The van der Waals surface area contributed by atoms with Crippen molar-refractivity contribution < 1.29 is 9.59 Å². The summed E-state index contributed by atoms with van der Waals surface area (Å²) in [6.45, 7) is 3.50. The zero-order valence-electron chi connectivity index (χ0n) is 11.3. The minimum Gasteiger partial charge on any atom is -0.336 e. The number of nitrogens with one attached hydrogen (secondary N) is 2. The maximum absolute atomic E-state index is 11.9. The van der Waals surface area contributed by atoms with Crippen LogP contribution in [-0.2, 0) is 9.59 Å². The average Bonchev–Trinajstić information content (AvgIpc) is 2.29. The molecule has 19 heavy (non-hydrogen) atoms. The van der Waals surface area contributed by atoms with E-state index in [1.807, 2.05) is 31.2 Å². The van der Waals surface area contributed by atoms with E-state index in [2.05, 4.69) is 10.6 Å². The van der Waals surface area contributed by atoms with Crippen LogP contribution in [-0.4, -0.2) is 43.4 Å². The van der Waals surface area contributed by atoms with Crippen LogP contribution < -0.4 is 10.6 Å². The number of carbonyl (C=O) groups excluding carboxylic acids is 2. The van der Waals surface area contributed by atoms with Gasteiger partial charge < -0.3 is 15.5 Å². The summed E-state index contributed by atoms with van der Waals surface area (Å²) >= 11 is 0. The van der Waals surface area contributed by atoms with E-state index in [9.17, 15) is 9.59 Å². The summed E-state index contributed by atoms with van der Waals surface area (Å²) in [6, 6.07) is 7.57. The van der Waals surface area contributed by atoms with Gasteiger partial charge in [-0.1, -0.05) is 17.7 Å². The highest BCUT2D eigenvalue weighted by molar-refractivity contribution is 5.94. The van der Waals surface area contributed by atoms with Crippen LogP contribution in [0, 0.1) is 12.8 Å². The molecule has 0 spiro atoms. The third-order valence-corrected chi connectivity index (χ3v) is 3.22. The van der Waals surface area contributed by atoms with Crippen molar-refractivity contribution >= 4 is 17.5 Å². The standard InChI is InChI=1S/C14H19N3O2/c1-10-3-5-12(6-4-10)16-13(18)9-17(2)14(19)11-7-15-8-11/h3-6,11,15H,7-9H2,1-2H3,(H,16,18). The molecule has 1 aliphatic heterocycles. The first-order valence-corrected chi connectivity index (χ1v) is 6.38. The van der Waals surface area contributed by atoms with Crippen molar-refractivity contribution in [2.45, 2.75) is 6.92 Å². The van der Waals surface area contributed by atoms with E-state index in [1.165, 1.54) is 4.90 Å². The van der Waals surface area contributed by atoms with Crippen LogP contribution in [0.3, 0.4) is 0 Å². The molecule has 0 atom stereocenters. The predicted octanol–water partition coefficient (Wildman–Crippen LogP) is 0.611. The van der Waals surface area contributed by atoms with Crippen LogP contribution >= 0.6 is 0 Å². The molecule has 1 aliphatic rings. The normalized spacial score (nSPS) is 14.6. The largest absolute Gasteiger partial charge is 0.336 e. The Morgan fingerprint density at radius 1 is 1.32 bits per heavy atom. The first-order valence-electron chi connectivity index (χ1n) is 6.38. The third kappa shape index (κ3) is 3.54. The molecule has 1 fully saturated rings. The number of amides is 2. The van der Waals surface area contributed by atoms with Gasteiger partial charge in [-0.25, -0.2) is 0 Å². The summed E-state index contributed by atoms with van der Waals surface area (Å²) in [5, 5.41) is 5.83. The molecule has 2 amide bonds. The molecule has 1 aromatic rings. The Kier molecular flexibility index (Phi) is 4.16. The van der Waals surface area contributed by atoms with Crippen molar-refractivity contribution in [3.05, 3.63) is 29.8 Å². The van der Waals surface area contributed by atoms with Gasteiger partial charge in [0.2, 0.25) is 11.8 Å². The summed E-state index contributed by atoms with van der Waals surface area (Å²) in [6.07, 6.45) is 0. The van der Waals surface area contributed by atoms with E-state index >= 15 is 0 Å². The molecule has 2 N–H and O–H groups in total. The molecule has 0 bridgehead atoms. The molecule has 0 unspecified atom stereocenters. The summed E-state index contributed by atoms with van der Waals surface area (Å²) in [4.78, 5) is 25.2.